The van der Waals surface area contributed by atoms with Crippen molar-refractivity contribution in [1.29, 1.82) is 0 Å². The SMILES string of the molecule is Cc1ccc(C)c(S(=O)(=O)Nc2ccccc2C(=O)NCC2CCCN2)c1.Cl. The van der Waals surface area contributed by atoms with Crippen LogP contribution in [0.5, 0.6) is 0 Å². The number of aryl methyl sites for hydroxylation is 2. The van der Waals surface area contributed by atoms with Gasteiger partial charge < -0.3 is 10.6 Å². The van der Waals surface area contributed by atoms with Gasteiger partial charge in [-0.1, -0.05) is 24.3 Å². The Bertz CT molecular complexity index is 941. The van der Waals surface area contributed by atoms with E-state index in [0.29, 0.717) is 17.7 Å². The van der Waals surface area contributed by atoms with Gasteiger partial charge in [-0.25, -0.2) is 8.42 Å². The summed E-state index contributed by atoms with van der Waals surface area (Å²) >= 11 is 0. The summed E-state index contributed by atoms with van der Waals surface area (Å²) in [7, 11) is -3.80. The van der Waals surface area contributed by atoms with Crippen molar-refractivity contribution >= 4 is 34.0 Å². The summed E-state index contributed by atoms with van der Waals surface area (Å²) in [6.07, 6.45) is 2.13. The second-order valence-corrected chi connectivity index (χ2v) is 8.57. The third-order valence-electron chi connectivity index (χ3n) is 4.72. The number of benzene rings is 2. The molecule has 0 aliphatic carbocycles. The number of nitrogens with one attached hydrogen (secondary N) is 3. The quantitative estimate of drug-likeness (QED) is 0.666. The van der Waals surface area contributed by atoms with Crippen LogP contribution in [-0.2, 0) is 10.0 Å². The second kappa shape index (κ2) is 9.41. The molecule has 3 rings (SSSR count). The highest BCUT2D eigenvalue weighted by atomic mass is 35.5. The van der Waals surface area contributed by atoms with Crippen LogP contribution in [0.4, 0.5) is 5.69 Å². The van der Waals surface area contributed by atoms with Crippen LogP contribution < -0.4 is 15.4 Å². The minimum atomic E-state index is -3.80. The third-order valence-corrected chi connectivity index (χ3v) is 6.23. The molecular formula is C20H26ClN3O3S. The third kappa shape index (κ3) is 5.25. The molecule has 3 N–H and O–H groups in total. The van der Waals surface area contributed by atoms with E-state index in [1.165, 1.54) is 0 Å². The number of para-hydroxylation sites is 1. The zero-order valence-electron chi connectivity index (χ0n) is 16.0. The molecule has 2 aromatic rings. The van der Waals surface area contributed by atoms with Gasteiger partial charge in [0.25, 0.3) is 15.9 Å². The number of halogens is 1. The maximum Gasteiger partial charge on any atom is 0.262 e. The molecule has 1 fully saturated rings. The number of anilines is 1. The van der Waals surface area contributed by atoms with Crippen molar-refractivity contribution in [2.45, 2.75) is 37.6 Å². The molecule has 1 heterocycles. The van der Waals surface area contributed by atoms with Crippen molar-refractivity contribution in [2.24, 2.45) is 0 Å². The van der Waals surface area contributed by atoms with E-state index in [-0.39, 0.29) is 34.9 Å². The van der Waals surface area contributed by atoms with Gasteiger partial charge in [0.15, 0.2) is 0 Å². The highest BCUT2D eigenvalue weighted by molar-refractivity contribution is 7.92. The van der Waals surface area contributed by atoms with E-state index in [4.69, 9.17) is 0 Å². The smallest absolute Gasteiger partial charge is 0.262 e. The van der Waals surface area contributed by atoms with Crippen LogP contribution in [0, 0.1) is 13.8 Å². The average Bonchev–Trinajstić information content (AvgIpc) is 3.15. The Kier molecular flexibility index (Phi) is 7.46. The Morgan fingerprint density at radius 1 is 1.18 bits per heavy atom. The normalized spacial score (nSPS) is 16.3. The van der Waals surface area contributed by atoms with Gasteiger partial charge in [0, 0.05) is 12.6 Å². The van der Waals surface area contributed by atoms with Crippen LogP contribution in [-0.4, -0.2) is 33.5 Å². The fourth-order valence-electron chi connectivity index (χ4n) is 3.21. The van der Waals surface area contributed by atoms with Gasteiger partial charge in [-0.15, -0.1) is 12.4 Å². The van der Waals surface area contributed by atoms with Crippen molar-refractivity contribution in [3.05, 3.63) is 59.2 Å². The zero-order chi connectivity index (χ0) is 19.4. The van der Waals surface area contributed by atoms with Crippen LogP contribution in [0.25, 0.3) is 0 Å². The molecule has 1 aliphatic rings. The molecule has 1 amide bonds. The fourth-order valence-corrected chi connectivity index (χ4v) is 4.62. The number of carbonyl (C=O) groups excluding carboxylic acids is 1. The lowest BCUT2D eigenvalue weighted by Crippen LogP contribution is -2.37. The molecule has 1 aliphatic heterocycles. The van der Waals surface area contributed by atoms with Gasteiger partial charge >= 0.3 is 0 Å². The highest BCUT2D eigenvalue weighted by Gasteiger charge is 2.21. The predicted molar refractivity (Wildman–Crippen MR) is 114 cm³/mol. The molecule has 0 bridgehead atoms. The Morgan fingerprint density at radius 3 is 2.64 bits per heavy atom. The van der Waals surface area contributed by atoms with E-state index in [2.05, 4.69) is 15.4 Å². The summed E-state index contributed by atoms with van der Waals surface area (Å²) in [4.78, 5) is 12.8. The molecule has 0 radical (unpaired) electrons. The van der Waals surface area contributed by atoms with Crippen LogP contribution >= 0.6 is 12.4 Å². The predicted octanol–water partition coefficient (Wildman–Crippen LogP) is 3.01. The van der Waals surface area contributed by atoms with Gasteiger partial charge in [0.2, 0.25) is 0 Å². The van der Waals surface area contributed by atoms with Crippen LogP contribution in [0.1, 0.15) is 34.3 Å². The second-order valence-electron chi connectivity index (χ2n) is 6.92. The van der Waals surface area contributed by atoms with Crippen molar-refractivity contribution in [3.63, 3.8) is 0 Å². The van der Waals surface area contributed by atoms with E-state index in [9.17, 15) is 13.2 Å². The standard InChI is InChI=1S/C20H25N3O3S.ClH/c1-14-9-10-15(2)19(12-14)27(25,26)23-18-8-4-3-7-17(18)20(24)22-13-16-6-5-11-21-16;/h3-4,7-10,12,16,21,23H,5-6,11,13H2,1-2H3,(H,22,24);1H. The minimum Gasteiger partial charge on any atom is -0.350 e. The monoisotopic (exact) mass is 423 g/mol. The average molecular weight is 424 g/mol. The number of hydrogen-bond acceptors (Lipinski definition) is 4. The van der Waals surface area contributed by atoms with E-state index < -0.39 is 10.0 Å². The lowest BCUT2D eigenvalue weighted by atomic mass is 10.1. The molecule has 6 nitrogen and oxygen atoms in total. The minimum absolute atomic E-state index is 0. The summed E-state index contributed by atoms with van der Waals surface area (Å²) in [6, 6.07) is 12.2. The number of carbonyl (C=O) groups is 1. The fraction of sp³-hybridized carbons (Fsp3) is 0.350. The molecule has 8 heteroatoms. The van der Waals surface area contributed by atoms with Gasteiger partial charge in [0.1, 0.15) is 0 Å². The van der Waals surface area contributed by atoms with Crippen molar-refractivity contribution in [1.82, 2.24) is 10.6 Å². The lowest BCUT2D eigenvalue weighted by molar-refractivity contribution is 0.0951. The molecular weight excluding hydrogens is 398 g/mol. The van der Waals surface area contributed by atoms with Crippen molar-refractivity contribution < 1.29 is 13.2 Å². The number of sulfonamides is 1. The van der Waals surface area contributed by atoms with Crippen LogP contribution in [0.15, 0.2) is 47.4 Å². The molecule has 0 spiro atoms. The molecule has 1 saturated heterocycles. The van der Waals surface area contributed by atoms with Gasteiger partial charge in [-0.3, -0.25) is 9.52 Å². The number of hydrogen-bond donors (Lipinski definition) is 3. The van der Waals surface area contributed by atoms with Gasteiger partial charge in [-0.2, -0.15) is 0 Å². The molecule has 1 unspecified atom stereocenters. The molecule has 0 saturated carbocycles. The first-order chi connectivity index (χ1) is 12.9. The van der Waals surface area contributed by atoms with Crippen LogP contribution in [0.3, 0.4) is 0 Å². The zero-order valence-corrected chi connectivity index (χ0v) is 17.6. The first-order valence-corrected chi connectivity index (χ1v) is 10.6. The van der Waals surface area contributed by atoms with E-state index in [0.717, 1.165) is 24.9 Å². The van der Waals surface area contributed by atoms with Crippen molar-refractivity contribution in [2.75, 3.05) is 17.8 Å². The van der Waals surface area contributed by atoms with Gasteiger partial charge in [0.05, 0.1) is 16.1 Å². The molecule has 0 aromatic heterocycles. The Balaban J connectivity index is 0.00000280. The Morgan fingerprint density at radius 2 is 1.93 bits per heavy atom. The number of rotatable bonds is 6. The highest BCUT2D eigenvalue weighted by Crippen LogP contribution is 2.23. The summed E-state index contributed by atoms with van der Waals surface area (Å²) in [6.45, 7) is 5.09. The summed E-state index contributed by atoms with van der Waals surface area (Å²) in [5.41, 5.74) is 2.10. The van der Waals surface area contributed by atoms with E-state index in [1.54, 1.807) is 43.3 Å². The molecule has 1 atom stereocenters. The lowest BCUT2D eigenvalue weighted by Gasteiger charge is -2.15. The first-order valence-electron chi connectivity index (χ1n) is 9.07. The van der Waals surface area contributed by atoms with E-state index in [1.807, 2.05) is 13.0 Å². The summed E-state index contributed by atoms with van der Waals surface area (Å²) in [5, 5.41) is 6.21. The summed E-state index contributed by atoms with van der Waals surface area (Å²) in [5.74, 6) is -0.289. The van der Waals surface area contributed by atoms with Crippen LogP contribution in [0.2, 0.25) is 0 Å². The van der Waals surface area contributed by atoms with Crippen molar-refractivity contribution in [3.8, 4) is 0 Å². The first kappa shape index (κ1) is 22.2. The largest absolute Gasteiger partial charge is 0.350 e. The number of amides is 1. The maximum atomic E-state index is 12.9. The van der Waals surface area contributed by atoms with E-state index >= 15 is 0 Å². The Labute approximate surface area is 172 Å². The summed E-state index contributed by atoms with van der Waals surface area (Å²) < 4.78 is 28.3. The molecule has 2 aromatic carbocycles. The topological polar surface area (TPSA) is 87.3 Å². The van der Waals surface area contributed by atoms with Gasteiger partial charge in [-0.05, 0) is 62.6 Å². The molecule has 28 heavy (non-hydrogen) atoms. The molecule has 152 valence electrons. The maximum absolute atomic E-state index is 12.9. The Hall–Kier alpha value is -2.09.